The minimum Gasteiger partial charge on any atom is -0.480 e. The Labute approximate surface area is 123 Å². The molecule has 21 heavy (non-hydrogen) atoms. The number of allylic oxidation sites excluding steroid dienone is 1. The van der Waals surface area contributed by atoms with Crippen LogP contribution in [0, 0.1) is 0 Å². The summed E-state index contributed by atoms with van der Waals surface area (Å²) in [5.74, 6) is -0.993. The summed E-state index contributed by atoms with van der Waals surface area (Å²) in [6, 6.07) is 8.61. The first-order valence-corrected chi connectivity index (χ1v) is 6.90. The molecule has 0 aliphatic carbocycles. The third-order valence-corrected chi connectivity index (χ3v) is 3.20. The van der Waals surface area contributed by atoms with E-state index in [0.717, 1.165) is 0 Å². The van der Waals surface area contributed by atoms with E-state index in [0.29, 0.717) is 18.4 Å². The van der Waals surface area contributed by atoms with Crippen molar-refractivity contribution in [1.82, 2.24) is 0 Å². The monoisotopic (exact) mass is 290 g/mol. The van der Waals surface area contributed by atoms with E-state index in [4.69, 9.17) is 14.2 Å². The van der Waals surface area contributed by atoms with Gasteiger partial charge in [-0.1, -0.05) is 18.2 Å². The van der Waals surface area contributed by atoms with E-state index in [2.05, 4.69) is 0 Å². The first-order valence-electron chi connectivity index (χ1n) is 6.90. The Kier molecular flexibility index (Phi) is 4.98. The molecule has 2 rings (SSSR count). The quantitative estimate of drug-likeness (QED) is 0.780. The van der Waals surface area contributed by atoms with E-state index in [-0.39, 0.29) is 13.2 Å². The number of benzene rings is 1. The second kappa shape index (κ2) is 6.92. The highest BCUT2D eigenvalue weighted by atomic mass is 16.6. The molecule has 1 unspecified atom stereocenters. The van der Waals surface area contributed by atoms with Gasteiger partial charge in [0.15, 0.2) is 0 Å². The van der Waals surface area contributed by atoms with Gasteiger partial charge in [-0.05, 0) is 31.6 Å². The zero-order chi connectivity index (χ0) is 15.1. The van der Waals surface area contributed by atoms with Gasteiger partial charge in [-0.2, -0.15) is 0 Å². The molecule has 0 fully saturated rings. The standard InChI is InChI=1S/C16H18O5/c1-2-19-15(18)16(10-6-7-11-21-16)12-20-14(17)13-8-4-3-5-9-13/h3-5,7-9,11H,2,6,10,12H2,1H3. The van der Waals surface area contributed by atoms with Crippen LogP contribution in [0.1, 0.15) is 30.1 Å². The van der Waals surface area contributed by atoms with Crippen molar-refractivity contribution in [3.63, 3.8) is 0 Å². The molecule has 5 nitrogen and oxygen atoms in total. The molecule has 1 aliphatic rings. The van der Waals surface area contributed by atoms with Crippen LogP contribution in [-0.4, -0.2) is 30.8 Å². The highest BCUT2D eigenvalue weighted by molar-refractivity contribution is 5.89. The van der Waals surface area contributed by atoms with Crippen molar-refractivity contribution in [3.05, 3.63) is 48.2 Å². The lowest BCUT2D eigenvalue weighted by Crippen LogP contribution is -2.47. The maximum absolute atomic E-state index is 12.1. The fraction of sp³-hybridized carbons (Fsp3) is 0.375. The average Bonchev–Trinajstić information content (AvgIpc) is 2.54. The topological polar surface area (TPSA) is 61.8 Å². The second-order valence-corrected chi connectivity index (χ2v) is 4.69. The van der Waals surface area contributed by atoms with Crippen molar-refractivity contribution in [2.24, 2.45) is 0 Å². The molecule has 0 bridgehead atoms. The van der Waals surface area contributed by atoms with Gasteiger partial charge in [-0.3, -0.25) is 0 Å². The Morgan fingerprint density at radius 3 is 2.62 bits per heavy atom. The van der Waals surface area contributed by atoms with Gasteiger partial charge >= 0.3 is 11.9 Å². The first kappa shape index (κ1) is 15.1. The van der Waals surface area contributed by atoms with E-state index in [1.54, 1.807) is 31.2 Å². The molecule has 0 saturated heterocycles. The smallest absolute Gasteiger partial charge is 0.354 e. The van der Waals surface area contributed by atoms with Crippen LogP contribution in [0.3, 0.4) is 0 Å². The van der Waals surface area contributed by atoms with Crippen LogP contribution in [0.4, 0.5) is 0 Å². The molecule has 1 aromatic rings. The van der Waals surface area contributed by atoms with Crippen molar-refractivity contribution in [2.75, 3.05) is 13.2 Å². The van der Waals surface area contributed by atoms with Crippen LogP contribution in [0.25, 0.3) is 0 Å². The van der Waals surface area contributed by atoms with E-state index in [1.807, 2.05) is 12.1 Å². The molecule has 5 heteroatoms. The molecular formula is C16H18O5. The van der Waals surface area contributed by atoms with Gasteiger partial charge < -0.3 is 14.2 Å². The van der Waals surface area contributed by atoms with Crippen LogP contribution in [-0.2, 0) is 19.0 Å². The number of hydrogen-bond donors (Lipinski definition) is 0. The molecule has 0 N–H and O–H groups in total. The molecule has 1 aromatic carbocycles. The Morgan fingerprint density at radius 1 is 1.24 bits per heavy atom. The largest absolute Gasteiger partial charge is 0.480 e. The minimum absolute atomic E-state index is 0.163. The van der Waals surface area contributed by atoms with E-state index >= 15 is 0 Å². The van der Waals surface area contributed by atoms with Crippen LogP contribution in [0.15, 0.2) is 42.7 Å². The zero-order valence-corrected chi connectivity index (χ0v) is 11.9. The lowest BCUT2D eigenvalue weighted by Gasteiger charge is -2.31. The summed E-state index contributed by atoms with van der Waals surface area (Å²) >= 11 is 0. The molecule has 0 amide bonds. The first-order chi connectivity index (χ1) is 10.2. The molecule has 1 aliphatic heterocycles. The molecule has 0 radical (unpaired) electrons. The Bertz CT molecular complexity index is 523. The normalized spacial score (nSPS) is 20.4. The fourth-order valence-corrected chi connectivity index (χ4v) is 2.04. The highest BCUT2D eigenvalue weighted by Gasteiger charge is 2.44. The van der Waals surface area contributed by atoms with Gasteiger partial charge in [-0.25, -0.2) is 9.59 Å². The third-order valence-electron chi connectivity index (χ3n) is 3.20. The van der Waals surface area contributed by atoms with Gasteiger partial charge in [-0.15, -0.1) is 0 Å². The maximum atomic E-state index is 12.1. The lowest BCUT2D eigenvalue weighted by atomic mass is 9.96. The van der Waals surface area contributed by atoms with E-state index in [9.17, 15) is 9.59 Å². The number of carbonyl (C=O) groups is 2. The maximum Gasteiger partial charge on any atom is 0.354 e. The lowest BCUT2D eigenvalue weighted by molar-refractivity contribution is -0.172. The van der Waals surface area contributed by atoms with Crippen LogP contribution >= 0.6 is 0 Å². The van der Waals surface area contributed by atoms with Crippen LogP contribution < -0.4 is 0 Å². The summed E-state index contributed by atoms with van der Waals surface area (Å²) in [6.07, 6.45) is 4.36. The van der Waals surface area contributed by atoms with E-state index in [1.165, 1.54) is 6.26 Å². The fourth-order valence-electron chi connectivity index (χ4n) is 2.04. The Balaban J connectivity index is 2.04. The third kappa shape index (κ3) is 3.62. The summed E-state index contributed by atoms with van der Waals surface area (Å²) in [5, 5.41) is 0. The van der Waals surface area contributed by atoms with Gasteiger partial charge in [0.1, 0.15) is 6.61 Å². The van der Waals surface area contributed by atoms with Crippen molar-refractivity contribution >= 4 is 11.9 Å². The molecular weight excluding hydrogens is 272 g/mol. The van der Waals surface area contributed by atoms with Crippen LogP contribution in [0.5, 0.6) is 0 Å². The predicted molar refractivity (Wildman–Crippen MR) is 75.5 cm³/mol. The Morgan fingerprint density at radius 2 is 2.00 bits per heavy atom. The SMILES string of the molecule is CCOC(=O)C1(COC(=O)c2ccccc2)CCC=CO1. The summed E-state index contributed by atoms with van der Waals surface area (Å²) < 4.78 is 15.7. The van der Waals surface area contributed by atoms with Crippen molar-refractivity contribution in [1.29, 1.82) is 0 Å². The summed E-state index contributed by atoms with van der Waals surface area (Å²) in [7, 11) is 0. The average molecular weight is 290 g/mol. The van der Waals surface area contributed by atoms with E-state index < -0.39 is 17.5 Å². The van der Waals surface area contributed by atoms with Gasteiger partial charge in [0.05, 0.1) is 18.4 Å². The van der Waals surface area contributed by atoms with Gasteiger partial charge in [0.2, 0.25) is 5.60 Å². The number of ether oxygens (including phenoxy) is 3. The van der Waals surface area contributed by atoms with Gasteiger partial charge in [0, 0.05) is 6.42 Å². The Hall–Kier alpha value is -2.30. The number of carbonyl (C=O) groups excluding carboxylic acids is 2. The van der Waals surface area contributed by atoms with Gasteiger partial charge in [0.25, 0.3) is 0 Å². The molecule has 0 saturated carbocycles. The predicted octanol–water partition coefficient (Wildman–Crippen LogP) is 2.47. The van der Waals surface area contributed by atoms with Crippen molar-refractivity contribution in [2.45, 2.75) is 25.4 Å². The highest BCUT2D eigenvalue weighted by Crippen LogP contribution is 2.26. The molecule has 0 spiro atoms. The number of hydrogen-bond acceptors (Lipinski definition) is 5. The second-order valence-electron chi connectivity index (χ2n) is 4.69. The molecule has 1 atom stereocenters. The minimum atomic E-state index is -1.24. The van der Waals surface area contributed by atoms with Crippen LogP contribution in [0.2, 0.25) is 0 Å². The summed E-state index contributed by atoms with van der Waals surface area (Å²) in [5.41, 5.74) is -0.808. The zero-order valence-electron chi connectivity index (χ0n) is 11.9. The number of rotatable bonds is 5. The molecule has 112 valence electrons. The molecule has 0 aromatic heterocycles. The number of esters is 2. The summed E-state index contributed by atoms with van der Waals surface area (Å²) in [4.78, 5) is 24.1. The molecule has 1 heterocycles. The van der Waals surface area contributed by atoms with Crippen molar-refractivity contribution < 1.29 is 23.8 Å². The van der Waals surface area contributed by atoms with Crippen molar-refractivity contribution in [3.8, 4) is 0 Å². The summed E-state index contributed by atoms with van der Waals surface area (Å²) in [6.45, 7) is 1.81.